The predicted octanol–water partition coefficient (Wildman–Crippen LogP) is 13.3. The van der Waals surface area contributed by atoms with E-state index in [0.717, 1.165) is 70.3 Å². The molecule has 0 radical (unpaired) electrons. The van der Waals surface area contributed by atoms with Crippen molar-refractivity contribution < 1.29 is 71.9 Å². The topological polar surface area (TPSA) is 182 Å². The number of hydrogen-bond donors (Lipinski definition) is 2. The predicted molar refractivity (Wildman–Crippen MR) is 283 cm³/mol. The normalized spacial score (nSPS) is 13.3. The summed E-state index contributed by atoms with van der Waals surface area (Å²) in [4.78, 5) is 60.0. The van der Waals surface area contributed by atoms with Gasteiger partial charge in [0.2, 0.25) is 0 Å². The zero-order chi connectivity index (χ0) is 61.5. The molecule has 8 rings (SSSR count). The number of alkyl halides is 6. The number of nitrogens with zero attached hydrogens (tertiary/aromatic N) is 6. The van der Waals surface area contributed by atoms with E-state index < -0.39 is 118 Å². The Morgan fingerprint density at radius 1 is 0.488 bits per heavy atom. The van der Waals surface area contributed by atoms with E-state index in [9.17, 15) is 71.9 Å². The second kappa shape index (κ2) is 26.1. The largest absolute Gasteiger partial charge is 0.435 e. The molecule has 0 aliphatic heterocycles. The fraction of sp³-hybridized carbons (Fsp3) is 0.267. The van der Waals surface area contributed by atoms with Gasteiger partial charge in [0, 0.05) is 72.7 Å². The third-order valence-corrected chi connectivity index (χ3v) is 13.5. The van der Waals surface area contributed by atoms with Gasteiger partial charge in [-0.15, -0.1) is 0 Å². The fourth-order valence-corrected chi connectivity index (χ4v) is 9.96. The number of amides is 2. The Hall–Kier alpha value is -8.96. The van der Waals surface area contributed by atoms with Crippen LogP contribution in [0.25, 0.3) is 22.3 Å². The lowest BCUT2D eigenvalue weighted by molar-refractivity contribution is -0.142. The van der Waals surface area contributed by atoms with Crippen molar-refractivity contribution >= 4 is 23.4 Å². The number of carbonyl (C=O) groups excluding carboxylic acids is 4. The Kier molecular flexibility index (Phi) is 19.5. The second-order valence-electron chi connectivity index (χ2n) is 20.4. The van der Waals surface area contributed by atoms with E-state index in [1.165, 1.54) is 36.7 Å². The van der Waals surface area contributed by atoms with Gasteiger partial charge in [0.05, 0.1) is 22.5 Å². The molecule has 0 aliphatic carbocycles. The van der Waals surface area contributed by atoms with Gasteiger partial charge in [-0.1, -0.05) is 52.0 Å². The van der Waals surface area contributed by atoms with Crippen LogP contribution < -0.4 is 11.5 Å². The van der Waals surface area contributed by atoms with Crippen LogP contribution in [0.2, 0.25) is 0 Å². The number of halogens is 12. The summed E-state index contributed by atoms with van der Waals surface area (Å²) in [5.41, 5.74) is 10.1. The molecule has 0 saturated carbocycles. The summed E-state index contributed by atoms with van der Waals surface area (Å²) in [7, 11) is 0. The van der Waals surface area contributed by atoms with Crippen molar-refractivity contribution in [3.05, 3.63) is 214 Å². The lowest BCUT2D eigenvalue weighted by atomic mass is 9.84. The van der Waals surface area contributed by atoms with Crippen molar-refractivity contribution in [1.29, 1.82) is 0 Å². The number of ketones is 2. The number of hydrogen-bond acceptors (Lipinski definition) is 8. The van der Waals surface area contributed by atoms with Crippen LogP contribution in [0.4, 0.5) is 52.7 Å². The zero-order valence-electron chi connectivity index (χ0n) is 45.0. The molecule has 4 aromatic heterocycles. The van der Waals surface area contributed by atoms with Crippen molar-refractivity contribution in [2.24, 2.45) is 23.3 Å². The van der Waals surface area contributed by atoms with E-state index in [-0.39, 0.29) is 59.3 Å². The summed E-state index contributed by atoms with van der Waals surface area (Å²) in [6, 6.07) is 18.9. The number of aromatic nitrogens is 6. The van der Waals surface area contributed by atoms with Crippen LogP contribution in [-0.4, -0.2) is 52.9 Å². The lowest BCUT2D eigenvalue weighted by Gasteiger charge is -2.25. The van der Waals surface area contributed by atoms with Crippen molar-refractivity contribution in [2.45, 2.75) is 89.7 Å². The second-order valence-corrected chi connectivity index (χ2v) is 20.4. The average Bonchev–Trinajstić information content (AvgIpc) is 2.86. The number of rotatable bonds is 20. The fourth-order valence-electron chi connectivity index (χ4n) is 9.96. The summed E-state index contributed by atoms with van der Waals surface area (Å²) in [6.07, 6.45) is -5.13. The molecule has 0 aliphatic rings. The summed E-state index contributed by atoms with van der Waals surface area (Å²) in [6.45, 7) is 6.63. The summed E-state index contributed by atoms with van der Waals surface area (Å²) < 4.78 is 166. The molecule has 4 aromatic carbocycles. The number of Topliss-reactive ketones (excluding diaryl/α,β-unsaturated/α-hetero) is 2. The van der Waals surface area contributed by atoms with Crippen LogP contribution in [0.3, 0.4) is 0 Å². The van der Waals surface area contributed by atoms with Gasteiger partial charge in [0.25, 0.3) is 11.8 Å². The highest BCUT2D eigenvalue weighted by molar-refractivity contribution is 5.95. The number of benzene rings is 4. The Labute approximate surface area is 472 Å². The quantitative estimate of drug-likeness (QED) is 0.0707. The smallest absolute Gasteiger partial charge is 0.366 e. The Morgan fingerprint density at radius 2 is 0.833 bits per heavy atom. The van der Waals surface area contributed by atoms with E-state index in [1.807, 2.05) is 0 Å². The lowest BCUT2D eigenvalue weighted by Crippen LogP contribution is -2.27. The maximum atomic E-state index is 14.2. The monoisotopic (exact) mass is 1180 g/mol. The molecule has 84 heavy (non-hydrogen) atoms. The van der Waals surface area contributed by atoms with E-state index in [4.69, 9.17) is 11.5 Å². The van der Waals surface area contributed by atoms with Crippen molar-refractivity contribution in [1.82, 2.24) is 29.5 Å². The van der Waals surface area contributed by atoms with Crippen LogP contribution in [-0.2, 0) is 34.8 Å². The number of pyridine rings is 2. The molecule has 0 spiro atoms. The third-order valence-electron chi connectivity index (χ3n) is 13.5. The van der Waals surface area contributed by atoms with Crippen molar-refractivity contribution in [2.75, 3.05) is 0 Å². The first kappa shape index (κ1) is 62.6. The first-order valence-electron chi connectivity index (χ1n) is 25.8. The number of primary amides is 2. The third kappa shape index (κ3) is 15.4. The van der Waals surface area contributed by atoms with Gasteiger partial charge in [-0.3, -0.25) is 38.5 Å². The molecular formula is C60H52F12N8O4. The van der Waals surface area contributed by atoms with Gasteiger partial charge in [-0.25, -0.2) is 26.3 Å². The highest BCUT2D eigenvalue weighted by Crippen LogP contribution is 2.39. The molecule has 0 saturated heterocycles. The summed E-state index contributed by atoms with van der Waals surface area (Å²) in [5.74, 6) is -10.6. The Balaban J connectivity index is 0.000000241. The minimum Gasteiger partial charge on any atom is -0.366 e. The van der Waals surface area contributed by atoms with Crippen molar-refractivity contribution in [3.8, 4) is 22.3 Å². The maximum Gasteiger partial charge on any atom is 0.435 e. The summed E-state index contributed by atoms with van der Waals surface area (Å²) >= 11 is 0. The molecule has 24 heteroatoms. The first-order chi connectivity index (χ1) is 39.5. The van der Waals surface area contributed by atoms with E-state index in [2.05, 4.69) is 20.2 Å². The summed E-state index contributed by atoms with van der Waals surface area (Å²) in [5, 5.41) is 7.18. The van der Waals surface area contributed by atoms with Gasteiger partial charge in [0.15, 0.2) is 23.0 Å². The van der Waals surface area contributed by atoms with Crippen LogP contribution >= 0.6 is 0 Å². The average molecular weight is 1180 g/mol. The Bertz CT molecular complexity index is 3430. The molecule has 0 bridgehead atoms. The molecule has 0 fully saturated rings. The minimum absolute atomic E-state index is 0.0774. The standard InChI is InChI=1S/2C30H26F6N4O2/c2*1-16(2)28(40-9-7-26(39-40)30(34,35)36)25(41)14-19(10-17-11-20(31)15-21(32)12-17)27-22(4-3-8-38-27)18-5-6-24(33)23(13-18)29(37)42/h2*3-9,11-13,15-16,19,28H,10,14H2,1-2H3,(H2,37,42)/t2*19-,28?/m11/s1. The maximum absolute atomic E-state index is 14.2. The zero-order valence-corrected chi connectivity index (χ0v) is 45.0. The van der Waals surface area contributed by atoms with Crippen LogP contribution in [0.1, 0.15) is 119 Å². The van der Waals surface area contributed by atoms with Gasteiger partial charge in [-0.05, 0) is 120 Å². The first-order valence-corrected chi connectivity index (χ1v) is 25.8. The van der Waals surface area contributed by atoms with E-state index in [0.29, 0.717) is 34.4 Å². The molecule has 440 valence electrons. The molecule has 2 unspecified atom stereocenters. The number of nitrogens with two attached hydrogens (primary N) is 2. The Morgan fingerprint density at radius 3 is 1.13 bits per heavy atom. The molecule has 2 amide bonds. The molecule has 4 heterocycles. The van der Waals surface area contributed by atoms with Crippen molar-refractivity contribution in [3.63, 3.8) is 0 Å². The van der Waals surface area contributed by atoms with Gasteiger partial charge in [0.1, 0.15) is 47.0 Å². The van der Waals surface area contributed by atoms with Gasteiger partial charge >= 0.3 is 12.4 Å². The highest BCUT2D eigenvalue weighted by atomic mass is 19.4. The molecule has 8 aromatic rings. The highest BCUT2D eigenvalue weighted by Gasteiger charge is 2.38. The SMILES string of the molecule is CC(C)C(C(=O)C[C@@H](Cc1cc(F)cc(F)c1)c1ncccc1-c1ccc(F)c(C(N)=O)c1)n1ccc(C(F)(F)F)n1.CC(C)C(C(=O)C[C@@H](Cc1cc(F)cc(F)c1)c1ncccc1-c1ccc(F)c(C(N)=O)c1)n1ccc(C(F)(F)F)n1. The minimum atomic E-state index is -4.71. The van der Waals surface area contributed by atoms with E-state index in [1.54, 1.807) is 52.0 Å². The van der Waals surface area contributed by atoms with Crippen LogP contribution in [0, 0.1) is 46.7 Å². The molecule has 4 N–H and O–H groups in total. The molecule has 4 atom stereocenters. The van der Waals surface area contributed by atoms with Crippen LogP contribution in [0.5, 0.6) is 0 Å². The number of carbonyl (C=O) groups is 4. The molecular weight excluding hydrogens is 1120 g/mol. The van der Waals surface area contributed by atoms with Gasteiger partial charge < -0.3 is 11.5 Å². The van der Waals surface area contributed by atoms with Gasteiger partial charge in [-0.2, -0.15) is 36.5 Å². The van der Waals surface area contributed by atoms with Crippen LogP contribution in [0.15, 0.2) is 134 Å². The molecule has 12 nitrogen and oxygen atoms in total. The van der Waals surface area contributed by atoms with E-state index >= 15 is 0 Å².